The van der Waals surface area contributed by atoms with Crippen molar-refractivity contribution in [3.63, 3.8) is 0 Å². The van der Waals surface area contributed by atoms with E-state index in [1.54, 1.807) is 12.1 Å². The fourth-order valence-corrected chi connectivity index (χ4v) is 4.92. The standard InChI is InChI=1S/C25H22BrNO7S/c1-14-18(9-16-5-8-19-20(10-16)34-13-33-19)23(25(30)31-2)24(35-14)27-21(28)12-32-22(29)11-15-3-6-17(26)7-4-15/h3-8,10H,9,11-13H2,1-2H3,(H,27,28). The first-order valence-corrected chi connectivity index (χ1v) is 12.2. The molecular formula is C25H22BrNO7S. The van der Waals surface area contributed by atoms with Crippen LogP contribution in [0.15, 0.2) is 46.9 Å². The second-order valence-corrected chi connectivity index (χ2v) is 9.85. The molecule has 4 rings (SSSR count). The molecule has 0 saturated carbocycles. The Morgan fingerprint density at radius 2 is 1.77 bits per heavy atom. The number of amides is 1. The van der Waals surface area contributed by atoms with E-state index in [1.807, 2.05) is 37.3 Å². The van der Waals surface area contributed by atoms with E-state index in [-0.39, 0.29) is 18.8 Å². The van der Waals surface area contributed by atoms with Gasteiger partial charge in [0.2, 0.25) is 6.79 Å². The van der Waals surface area contributed by atoms with Crippen LogP contribution in [0.3, 0.4) is 0 Å². The molecule has 1 aliphatic rings. The molecule has 2 aromatic carbocycles. The van der Waals surface area contributed by atoms with Crippen LogP contribution in [-0.2, 0) is 31.9 Å². The number of carbonyl (C=O) groups is 3. The van der Waals surface area contributed by atoms with Gasteiger partial charge in [-0.2, -0.15) is 0 Å². The number of fused-ring (bicyclic) bond motifs is 1. The molecule has 35 heavy (non-hydrogen) atoms. The number of hydrogen-bond acceptors (Lipinski definition) is 8. The zero-order valence-electron chi connectivity index (χ0n) is 19.0. The van der Waals surface area contributed by atoms with Crippen molar-refractivity contribution in [2.75, 3.05) is 25.8 Å². The number of rotatable bonds is 8. The van der Waals surface area contributed by atoms with Crippen LogP contribution in [0, 0.1) is 6.92 Å². The van der Waals surface area contributed by atoms with Gasteiger partial charge in [-0.1, -0.05) is 34.1 Å². The smallest absolute Gasteiger partial charge is 0.341 e. The molecule has 0 unspecified atom stereocenters. The minimum absolute atomic E-state index is 0.0474. The summed E-state index contributed by atoms with van der Waals surface area (Å²) in [6.45, 7) is 1.57. The van der Waals surface area contributed by atoms with E-state index in [0.717, 1.165) is 26.0 Å². The quantitative estimate of drug-likeness (QED) is 0.401. The van der Waals surface area contributed by atoms with Crippen molar-refractivity contribution in [1.82, 2.24) is 0 Å². The minimum Gasteiger partial charge on any atom is -0.465 e. The molecule has 8 nitrogen and oxygen atoms in total. The molecular weight excluding hydrogens is 538 g/mol. The number of esters is 2. The van der Waals surface area contributed by atoms with Gasteiger partial charge in [0.1, 0.15) is 5.00 Å². The van der Waals surface area contributed by atoms with Crippen LogP contribution >= 0.6 is 27.3 Å². The highest BCUT2D eigenvalue weighted by Crippen LogP contribution is 2.37. The van der Waals surface area contributed by atoms with Crippen molar-refractivity contribution in [2.24, 2.45) is 0 Å². The van der Waals surface area contributed by atoms with Gasteiger partial charge >= 0.3 is 11.9 Å². The SMILES string of the molecule is COC(=O)c1c(NC(=O)COC(=O)Cc2ccc(Br)cc2)sc(C)c1Cc1ccc2c(c1)OCO2. The number of thiophene rings is 1. The summed E-state index contributed by atoms with van der Waals surface area (Å²) >= 11 is 4.60. The van der Waals surface area contributed by atoms with E-state index >= 15 is 0 Å². The summed E-state index contributed by atoms with van der Waals surface area (Å²) in [5, 5.41) is 3.04. The van der Waals surface area contributed by atoms with Crippen LogP contribution in [0.2, 0.25) is 0 Å². The molecule has 1 aromatic heterocycles. The predicted octanol–water partition coefficient (Wildman–Crippen LogP) is 4.65. The maximum absolute atomic E-state index is 12.6. The van der Waals surface area contributed by atoms with Gasteiger partial charge in [-0.15, -0.1) is 11.3 Å². The highest BCUT2D eigenvalue weighted by Gasteiger charge is 2.25. The van der Waals surface area contributed by atoms with Crippen LogP contribution in [0.1, 0.15) is 31.9 Å². The molecule has 0 saturated heterocycles. The van der Waals surface area contributed by atoms with E-state index in [4.69, 9.17) is 18.9 Å². The Morgan fingerprint density at radius 1 is 1.06 bits per heavy atom. The second-order valence-electron chi connectivity index (χ2n) is 7.71. The highest BCUT2D eigenvalue weighted by atomic mass is 79.9. The van der Waals surface area contributed by atoms with Gasteiger partial charge in [0.15, 0.2) is 18.1 Å². The number of benzene rings is 2. The fourth-order valence-electron chi connectivity index (χ4n) is 3.58. The molecule has 182 valence electrons. The first-order valence-electron chi connectivity index (χ1n) is 10.6. The lowest BCUT2D eigenvalue weighted by molar-refractivity contribution is -0.146. The third kappa shape index (κ3) is 6.01. The summed E-state index contributed by atoms with van der Waals surface area (Å²) in [5.41, 5.74) is 2.71. The molecule has 0 bridgehead atoms. The normalized spacial score (nSPS) is 11.7. The first-order chi connectivity index (χ1) is 16.8. The second kappa shape index (κ2) is 10.9. The molecule has 0 spiro atoms. The van der Waals surface area contributed by atoms with E-state index < -0.39 is 24.5 Å². The summed E-state index contributed by atoms with van der Waals surface area (Å²) in [6.07, 6.45) is 0.479. The average Bonchev–Trinajstić information content (AvgIpc) is 3.42. The Morgan fingerprint density at radius 3 is 2.51 bits per heavy atom. The van der Waals surface area contributed by atoms with Gasteiger partial charge in [-0.3, -0.25) is 9.59 Å². The van der Waals surface area contributed by atoms with Gasteiger partial charge in [0.05, 0.1) is 19.1 Å². The molecule has 3 aromatic rings. The maximum Gasteiger partial charge on any atom is 0.341 e. The van der Waals surface area contributed by atoms with E-state index in [0.29, 0.717) is 22.9 Å². The van der Waals surface area contributed by atoms with Crippen LogP contribution in [0.25, 0.3) is 0 Å². The third-order valence-corrected chi connectivity index (χ3v) is 6.89. The van der Waals surface area contributed by atoms with Crippen LogP contribution in [0.4, 0.5) is 5.00 Å². The number of hydrogen-bond donors (Lipinski definition) is 1. The van der Waals surface area contributed by atoms with Gasteiger partial charge in [0.25, 0.3) is 5.91 Å². The fraction of sp³-hybridized carbons (Fsp3) is 0.240. The number of carbonyl (C=O) groups excluding carboxylic acids is 3. The number of ether oxygens (including phenoxy) is 4. The largest absolute Gasteiger partial charge is 0.465 e. The van der Waals surface area contributed by atoms with Crippen LogP contribution in [0.5, 0.6) is 11.5 Å². The summed E-state index contributed by atoms with van der Waals surface area (Å²) in [6, 6.07) is 12.8. The molecule has 0 radical (unpaired) electrons. The van der Waals surface area contributed by atoms with Gasteiger partial charge in [-0.05, 0) is 54.3 Å². The van der Waals surface area contributed by atoms with Crippen molar-refractivity contribution in [3.05, 3.63) is 74.1 Å². The Bertz CT molecular complexity index is 1270. The summed E-state index contributed by atoms with van der Waals surface area (Å²) < 4.78 is 21.8. The van der Waals surface area contributed by atoms with Crippen LogP contribution < -0.4 is 14.8 Å². The zero-order chi connectivity index (χ0) is 24.9. The Hall–Kier alpha value is -3.37. The zero-order valence-corrected chi connectivity index (χ0v) is 21.4. The maximum atomic E-state index is 12.6. The molecule has 0 aliphatic carbocycles. The molecule has 1 N–H and O–H groups in total. The summed E-state index contributed by atoms with van der Waals surface area (Å²) in [7, 11) is 1.29. The average molecular weight is 560 g/mol. The monoisotopic (exact) mass is 559 g/mol. The minimum atomic E-state index is -0.562. The Balaban J connectivity index is 1.44. The van der Waals surface area contributed by atoms with E-state index in [9.17, 15) is 14.4 Å². The molecule has 0 fully saturated rings. The van der Waals surface area contributed by atoms with Gasteiger partial charge in [-0.25, -0.2) is 4.79 Å². The van der Waals surface area contributed by atoms with Crippen molar-refractivity contribution in [3.8, 4) is 11.5 Å². The van der Waals surface area contributed by atoms with Gasteiger partial charge in [0, 0.05) is 9.35 Å². The summed E-state index contributed by atoms with van der Waals surface area (Å²) in [4.78, 5) is 38.1. The topological polar surface area (TPSA) is 100 Å². The molecule has 2 heterocycles. The van der Waals surface area contributed by atoms with Crippen molar-refractivity contribution < 1.29 is 33.3 Å². The molecule has 0 atom stereocenters. The number of aryl methyl sites for hydroxylation is 1. The number of methoxy groups -OCH3 is 1. The lowest BCUT2D eigenvalue weighted by Gasteiger charge is -2.09. The molecule has 1 amide bonds. The number of anilines is 1. The number of nitrogens with one attached hydrogen (secondary N) is 1. The van der Waals surface area contributed by atoms with E-state index in [1.165, 1.54) is 18.4 Å². The van der Waals surface area contributed by atoms with Crippen molar-refractivity contribution in [1.29, 1.82) is 0 Å². The van der Waals surface area contributed by atoms with Crippen molar-refractivity contribution in [2.45, 2.75) is 19.8 Å². The lowest BCUT2D eigenvalue weighted by atomic mass is 10.0. The molecule has 1 aliphatic heterocycles. The number of halogens is 1. The predicted molar refractivity (Wildman–Crippen MR) is 133 cm³/mol. The van der Waals surface area contributed by atoms with Gasteiger partial charge < -0.3 is 24.3 Å². The Labute approximate surface area is 214 Å². The van der Waals surface area contributed by atoms with Crippen molar-refractivity contribution >= 4 is 50.1 Å². The molecule has 10 heteroatoms. The van der Waals surface area contributed by atoms with Crippen LogP contribution in [-0.4, -0.2) is 38.4 Å². The third-order valence-electron chi connectivity index (χ3n) is 5.30. The summed E-state index contributed by atoms with van der Waals surface area (Å²) in [5.74, 6) is -0.315. The highest BCUT2D eigenvalue weighted by molar-refractivity contribution is 9.10. The van der Waals surface area contributed by atoms with E-state index in [2.05, 4.69) is 21.2 Å². The first kappa shape index (κ1) is 24.7. The Kier molecular flexibility index (Phi) is 7.72. The lowest BCUT2D eigenvalue weighted by Crippen LogP contribution is -2.22.